The Morgan fingerprint density at radius 1 is 1.11 bits per heavy atom. The molecule has 0 saturated carbocycles. The molecular formula is C21H24N2O4. The zero-order valence-corrected chi connectivity index (χ0v) is 15.7. The number of ether oxygens (including phenoxy) is 2. The third kappa shape index (κ3) is 4.53. The number of amides is 2. The topological polar surface area (TPSA) is 72.7 Å². The van der Waals surface area contributed by atoms with E-state index in [4.69, 9.17) is 13.9 Å². The maximum Gasteiger partial charge on any atom is 0.315 e. The van der Waals surface area contributed by atoms with Gasteiger partial charge in [0.05, 0.1) is 20.3 Å². The molecule has 1 atom stereocenters. The van der Waals surface area contributed by atoms with E-state index in [0.717, 1.165) is 33.8 Å². The predicted molar refractivity (Wildman–Crippen MR) is 104 cm³/mol. The van der Waals surface area contributed by atoms with Crippen LogP contribution in [0.25, 0.3) is 11.0 Å². The lowest BCUT2D eigenvalue weighted by molar-refractivity contribution is 0.236. The van der Waals surface area contributed by atoms with E-state index in [-0.39, 0.29) is 12.1 Å². The van der Waals surface area contributed by atoms with Crippen LogP contribution in [0.15, 0.2) is 52.9 Å². The second kappa shape index (κ2) is 8.49. The summed E-state index contributed by atoms with van der Waals surface area (Å²) in [6, 6.07) is 14.9. The highest BCUT2D eigenvalue weighted by Crippen LogP contribution is 2.25. The van der Waals surface area contributed by atoms with Crippen LogP contribution in [0.5, 0.6) is 11.5 Å². The number of furan rings is 1. The third-order valence-electron chi connectivity index (χ3n) is 4.39. The molecule has 1 unspecified atom stereocenters. The molecular weight excluding hydrogens is 344 g/mol. The van der Waals surface area contributed by atoms with Crippen molar-refractivity contribution in [3.05, 3.63) is 59.9 Å². The molecule has 1 heterocycles. The van der Waals surface area contributed by atoms with Gasteiger partial charge in [-0.05, 0) is 49.2 Å². The largest absolute Gasteiger partial charge is 0.497 e. The third-order valence-corrected chi connectivity index (χ3v) is 4.39. The zero-order chi connectivity index (χ0) is 19.2. The number of fused-ring (bicyclic) bond motifs is 1. The first-order valence-corrected chi connectivity index (χ1v) is 8.84. The fourth-order valence-corrected chi connectivity index (χ4v) is 2.92. The van der Waals surface area contributed by atoms with Crippen LogP contribution in [0.4, 0.5) is 4.79 Å². The standard InChI is InChI=1S/C21H24N2O4/c1-14(20-13-15-6-4-5-7-19(15)27-20)23-21(24)22-11-10-16-12-17(25-2)8-9-18(16)26-3/h4-9,12-14H,10-11H2,1-3H3,(H2,22,23,24). The van der Waals surface area contributed by atoms with Crippen LogP contribution in [0.3, 0.4) is 0 Å². The SMILES string of the molecule is COc1ccc(OC)c(CCNC(=O)NC(C)c2cc3ccccc3o2)c1. The minimum Gasteiger partial charge on any atom is -0.497 e. The quantitative estimate of drug-likeness (QED) is 0.660. The van der Waals surface area contributed by atoms with Crippen LogP contribution >= 0.6 is 0 Å². The van der Waals surface area contributed by atoms with Gasteiger partial charge >= 0.3 is 6.03 Å². The van der Waals surface area contributed by atoms with Gasteiger partial charge in [0.25, 0.3) is 0 Å². The molecule has 142 valence electrons. The average Bonchev–Trinajstić information content (AvgIpc) is 3.12. The molecule has 0 radical (unpaired) electrons. The van der Waals surface area contributed by atoms with E-state index >= 15 is 0 Å². The molecule has 0 bridgehead atoms. The summed E-state index contributed by atoms with van der Waals surface area (Å²) in [5, 5.41) is 6.78. The number of para-hydroxylation sites is 1. The molecule has 2 N–H and O–H groups in total. The van der Waals surface area contributed by atoms with E-state index in [2.05, 4.69) is 10.6 Å². The second-order valence-electron chi connectivity index (χ2n) is 6.24. The summed E-state index contributed by atoms with van der Waals surface area (Å²) < 4.78 is 16.4. The van der Waals surface area contributed by atoms with Crippen molar-refractivity contribution in [1.29, 1.82) is 0 Å². The number of hydrogen-bond acceptors (Lipinski definition) is 4. The summed E-state index contributed by atoms with van der Waals surface area (Å²) in [6.07, 6.45) is 0.632. The Morgan fingerprint density at radius 3 is 2.67 bits per heavy atom. The van der Waals surface area contributed by atoms with Gasteiger partial charge in [-0.3, -0.25) is 0 Å². The van der Waals surface area contributed by atoms with Crippen molar-refractivity contribution in [3.8, 4) is 11.5 Å². The Bertz CT molecular complexity index is 886. The highest BCUT2D eigenvalue weighted by molar-refractivity contribution is 5.78. The predicted octanol–water partition coefficient (Wildman–Crippen LogP) is 4.05. The molecule has 3 aromatic rings. The van der Waals surface area contributed by atoms with E-state index in [9.17, 15) is 4.79 Å². The normalized spacial score (nSPS) is 11.8. The van der Waals surface area contributed by atoms with Gasteiger partial charge in [-0.15, -0.1) is 0 Å². The molecule has 0 aliphatic heterocycles. The highest BCUT2D eigenvalue weighted by atomic mass is 16.5. The lowest BCUT2D eigenvalue weighted by Gasteiger charge is -2.14. The molecule has 6 heteroatoms. The smallest absolute Gasteiger partial charge is 0.315 e. The van der Waals surface area contributed by atoms with Crippen molar-refractivity contribution < 1.29 is 18.7 Å². The molecule has 0 saturated heterocycles. The van der Waals surface area contributed by atoms with Gasteiger partial charge < -0.3 is 24.5 Å². The maximum absolute atomic E-state index is 12.2. The molecule has 2 aromatic carbocycles. The van der Waals surface area contributed by atoms with Gasteiger partial charge in [0.2, 0.25) is 0 Å². The summed E-state index contributed by atoms with van der Waals surface area (Å²) >= 11 is 0. The Labute approximate surface area is 158 Å². The van der Waals surface area contributed by atoms with Crippen LogP contribution in [0.2, 0.25) is 0 Å². The van der Waals surface area contributed by atoms with E-state index in [0.29, 0.717) is 13.0 Å². The monoisotopic (exact) mass is 368 g/mol. The molecule has 1 aromatic heterocycles. The second-order valence-corrected chi connectivity index (χ2v) is 6.24. The minimum atomic E-state index is -0.246. The van der Waals surface area contributed by atoms with Crippen molar-refractivity contribution in [2.75, 3.05) is 20.8 Å². The van der Waals surface area contributed by atoms with Gasteiger partial charge in [-0.1, -0.05) is 18.2 Å². The summed E-state index contributed by atoms with van der Waals surface area (Å²) in [5.74, 6) is 2.25. The number of methoxy groups -OCH3 is 2. The number of carbonyl (C=O) groups is 1. The highest BCUT2D eigenvalue weighted by Gasteiger charge is 2.14. The van der Waals surface area contributed by atoms with Crippen LogP contribution in [0.1, 0.15) is 24.3 Å². The summed E-state index contributed by atoms with van der Waals surface area (Å²) in [4.78, 5) is 12.2. The zero-order valence-electron chi connectivity index (χ0n) is 15.7. The lowest BCUT2D eigenvalue weighted by Crippen LogP contribution is -2.37. The van der Waals surface area contributed by atoms with E-state index < -0.39 is 0 Å². The fourth-order valence-electron chi connectivity index (χ4n) is 2.92. The van der Waals surface area contributed by atoms with Crippen LogP contribution in [0, 0.1) is 0 Å². The van der Waals surface area contributed by atoms with Gasteiger partial charge in [0.15, 0.2) is 0 Å². The van der Waals surface area contributed by atoms with Crippen LogP contribution in [-0.4, -0.2) is 26.8 Å². The molecule has 0 spiro atoms. The van der Waals surface area contributed by atoms with Crippen molar-refractivity contribution in [2.24, 2.45) is 0 Å². The molecule has 0 aliphatic carbocycles. The fraction of sp³-hybridized carbons (Fsp3) is 0.286. The Balaban J connectivity index is 1.53. The summed E-state index contributed by atoms with van der Waals surface area (Å²) in [5.41, 5.74) is 1.79. The number of benzene rings is 2. The summed E-state index contributed by atoms with van der Waals surface area (Å²) in [7, 11) is 3.25. The van der Waals surface area contributed by atoms with Crippen molar-refractivity contribution in [2.45, 2.75) is 19.4 Å². The number of carbonyl (C=O) groups excluding carboxylic acids is 1. The first-order valence-electron chi connectivity index (χ1n) is 8.84. The molecule has 3 rings (SSSR count). The van der Waals surface area contributed by atoms with Crippen LogP contribution < -0.4 is 20.1 Å². The van der Waals surface area contributed by atoms with Gasteiger partial charge in [0.1, 0.15) is 22.8 Å². The van der Waals surface area contributed by atoms with Gasteiger partial charge in [-0.2, -0.15) is 0 Å². The maximum atomic E-state index is 12.2. The number of hydrogen-bond donors (Lipinski definition) is 2. The van der Waals surface area contributed by atoms with Crippen LogP contribution in [-0.2, 0) is 6.42 Å². The Morgan fingerprint density at radius 2 is 1.93 bits per heavy atom. The van der Waals surface area contributed by atoms with Gasteiger partial charge in [0, 0.05) is 11.9 Å². The molecule has 6 nitrogen and oxygen atoms in total. The van der Waals surface area contributed by atoms with Crippen molar-refractivity contribution in [3.63, 3.8) is 0 Å². The van der Waals surface area contributed by atoms with E-state index in [1.165, 1.54) is 0 Å². The molecule has 2 amide bonds. The Kier molecular flexibility index (Phi) is 5.86. The number of rotatable bonds is 7. The lowest BCUT2D eigenvalue weighted by atomic mass is 10.1. The first kappa shape index (κ1) is 18.6. The van der Waals surface area contributed by atoms with E-state index in [1.54, 1.807) is 14.2 Å². The number of urea groups is 1. The average molecular weight is 368 g/mol. The minimum absolute atomic E-state index is 0.233. The van der Waals surface area contributed by atoms with Crippen molar-refractivity contribution >= 4 is 17.0 Å². The number of nitrogens with one attached hydrogen (secondary N) is 2. The van der Waals surface area contributed by atoms with Gasteiger partial charge in [-0.25, -0.2) is 4.79 Å². The van der Waals surface area contributed by atoms with Crippen molar-refractivity contribution in [1.82, 2.24) is 10.6 Å². The molecule has 27 heavy (non-hydrogen) atoms. The summed E-state index contributed by atoms with van der Waals surface area (Å²) in [6.45, 7) is 2.37. The molecule has 0 fully saturated rings. The Hall–Kier alpha value is -3.15. The van der Waals surface area contributed by atoms with E-state index in [1.807, 2.05) is 55.5 Å². The molecule has 0 aliphatic rings. The first-order chi connectivity index (χ1) is 13.1.